The molecule has 0 bridgehead atoms. The Morgan fingerprint density at radius 2 is 1.77 bits per heavy atom. The molecule has 0 rings (SSSR count). The van der Waals surface area contributed by atoms with Crippen LogP contribution in [0.1, 0.15) is 40.5 Å². The summed E-state index contributed by atoms with van der Waals surface area (Å²) in [4.78, 5) is 13.3. The van der Waals surface area contributed by atoms with Crippen LogP contribution in [0, 0.1) is 0 Å². The van der Waals surface area contributed by atoms with Crippen LogP contribution in [0.4, 0.5) is 4.79 Å². The minimum atomic E-state index is 0.0312. The molecule has 0 saturated carbocycles. The molecule has 0 saturated heterocycles. The summed E-state index contributed by atoms with van der Waals surface area (Å²) in [5, 5.41) is 2.88. The van der Waals surface area contributed by atoms with Gasteiger partial charge in [0.05, 0.1) is 0 Å². The monoisotopic (exact) mass is 186 g/mol. The van der Waals surface area contributed by atoms with Gasteiger partial charge in [-0.1, -0.05) is 13.8 Å². The molecule has 0 aromatic rings. The first-order valence-corrected chi connectivity index (χ1v) is 5.06. The Labute approximate surface area is 81.5 Å². The van der Waals surface area contributed by atoms with Gasteiger partial charge in [0.25, 0.3) is 0 Å². The van der Waals surface area contributed by atoms with Crippen LogP contribution in [0.5, 0.6) is 0 Å². The highest BCUT2D eigenvalue weighted by molar-refractivity contribution is 5.74. The highest BCUT2D eigenvalue weighted by atomic mass is 16.2. The van der Waals surface area contributed by atoms with Gasteiger partial charge in [-0.05, 0) is 26.7 Å². The van der Waals surface area contributed by atoms with E-state index in [1.807, 2.05) is 20.9 Å². The molecule has 0 fully saturated rings. The molecular formula is C10H22N2O. The van der Waals surface area contributed by atoms with Crippen molar-refractivity contribution < 1.29 is 4.79 Å². The Hall–Kier alpha value is -0.730. The van der Waals surface area contributed by atoms with Crippen molar-refractivity contribution >= 4 is 6.03 Å². The molecule has 3 heteroatoms. The van der Waals surface area contributed by atoms with E-state index in [1.165, 1.54) is 0 Å². The van der Waals surface area contributed by atoms with Crippen LogP contribution in [-0.4, -0.2) is 30.1 Å². The van der Waals surface area contributed by atoms with E-state index >= 15 is 0 Å². The van der Waals surface area contributed by atoms with Gasteiger partial charge in [0.1, 0.15) is 0 Å². The molecule has 0 aliphatic carbocycles. The standard InChI is InChI=1S/C10H22N2O/c1-6-9(7-2)12(5)10(13)11-8(3)4/h8-9H,6-7H2,1-5H3,(H,11,13). The summed E-state index contributed by atoms with van der Waals surface area (Å²) in [7, 11) is 1.86. The minimum absolute atomic E-state index is 0.0312. The van der Waals surface area contributed by atoms with Crippen LogP contribution in [0.3, 0.4) is 0 Å². The summed E-state index contributed by atoms with van der Waals surface area (Å²) in [6.07, 6.45) is 2.02. The molecule has 0 heterocycles. The van der Waals surface area contributed by atoms with Crippen LogP contribution in [0.2, 0.25) is 0 Å². The average Bonchev–Trinajstić information content (AvgIpc) is 2.05. The Morgan fingerprint density at radius 1 is 1.31 bits per heavy atom. The van der Waals surface area contributed by atoms with Crippen LogP contribution in [0.15, 0.2) is 0 Å². The SMILES string of the molecule is CCC(CC)N(C)C(=O)NC(C)C. The Balaban J connectivity index is 4.07. The second kappa shape index (κ2) is 5.84. The highest BCUT2D eigenvalue weighted by Gasteiger charge is 2.16. The van der Waals surface area contributed by atoms with E-state index in [-0.39, 0.29) is 12.1 Å². The normalized spacial score (nSPS) is 10.7. The Morgan fingerprint density at radius 3 is 2.08 bits per heavy atom. The molecule has 13 heavy (non-hydrogen) atoms. The van der Waals surface area contributed by atoms with E-state index in [1.54, 1.807) is 4.90 Å². The quantitative estimate of drug-likeness (QED) is 0.717. The number of rotatable bonds is 4. The van der Waals surface area contributed by atoms with Crippen molar-refractivity contribution in [2.45, 2.75) is 52.6 Å². The van der Waals surface area contributed by atoms with Gasteiger partial charge < -0.3 is 10.2 Å². The first-order chi connectivity index (χ1) is 6.02. The van der Waals surface area contributed by atoms with Crippen molar-refractivity contribution in [3.05, 3.63) is 0 Å². The molecule has 0 aliphatic heterocycles. The number of hydrogen-bond donors (Lipinski definition) is 1. The van der Waals surface area contributed by atoms with Crippen LogP contribution < -0.4 is 5.32 Å². The number of hydrogen-bond acceptors (Lipinski definition) is 1. The lowest BCUT2D eigenvalue weighted by atomic mass is 10.1. The summed E-state index contributed by atoms with van der Waals surface area (Å²) in [5.41, 5.74) is 0. The molecule has 0 unspecified atom stereocenters. The zero-order valence-electron chi connectivity index (χ0n) is 9.42. The summed E-state index contributed by atoms with van der Waals surface area (Å²) < 4.78 is 0. The smallest absolute Gasteiger partial charge is 0.317 e. The van der Waals surface area contributed by atoms with Gasteiger partial charge >= 0.3 is 6.03 Å². The van der Waals surface area contributed by atoms with Gasteiger partial charge in [-0.2, -0.15) is 0 Å². The fourth-order valence-corrected chi connectivity index (χ4v) is 1.35. The maximum Gasteiger partial charge on any atom is 0.317 e. The van der Waals surface area contributed by atoms with Crippen molar-refractivity contribution in [2.24, 2.45) is 0 Å². The average molecular weight is 186 g/mol. The van der Waals surface area contributed by atoms with Crippen molar-refractivity contribution in [2.75, 3.05) is 7.05 Å². The van der Waals surface area contributed by atoms with Gasteiger partial charge in [0.15, 0.2) is 0 Å². The molecule has 0 spiro atoms. The molecule has 0 aliphatic rings. The molecule has 0 aromatic carbocycles. The lowest BCUT2D eigenvalue weighted by molar-refractivity contribution is 0.184. The summed E-state index contributed by atoms with van der Waals surface area (Å²) in [6.45, 7) is 8.15. The first kappa shape index (κ1) is 12.3. The van der Waals surface area contributed by atoms with Gasteiger partial charge in [-0.3, -0.25) is 0 Å². The highest BCUT2D eigenvalue weighted by Crippen LogP contribution is 2.05. The van der Waals surface area contributed by atoms with E-state index in [9.17, 15) is 4.79 Å². The fourth-order valence-electron chi connectivity index (χ4n) is 1.35. The van der Waals surface area contributed by atoms with Crippen LogP contribution >= 0.6 is 0 Å². The first-order valence-electron chi connectivity index (χ1n) is 5.06. The van der Waals surface area contributed by atoms with E-state index in [0.717, 1.165) is 12.8 Å². The number of carbonyl (C=O) groups excluding carboxylic acids is 1. The number of urea groups is 1. The second-order valence-corrected chi connectivity index (χ2v) is 3.69. The van der Waals surface area contributed by atoms with Crippen molar-refractivity contribution in [1.82, 2.24) is 10.2 Å². The van der Waals surface area contributed by atoms with Crippen LogP contribution in [0.25, 0.3) is 0 Å². The number of carbonyl (C=O) groups is 1. The van der Waals surface area contributed by atoms with Gasteiger partial charge in [-0.25, -0.2) is 4.79 Å². The van der Waals surface area contributed by atoms with Crippen LogP contribution in [-0.2, 0) is 0 Å². The third-order valence-corrected chi connectivity index (χ3v) is 2.22. The molecule has 0 atom stereocenters. The molecule has 78 valence electrons. The third kappa shape index (κ3) is 4.15. The maximum atomic E-state index is 11.5. The molecule has 2 amide bonds. The summed E-state index contributed by atoms with van der Waals surface area (Å²) in [5.74, 6) is 0. The molecule has 3 nitrogen and oxygen atoms in total. The van der Waals surface area contributed by atoms with Gasteiger partial charge in [0, 0.05) is 19.1 Å². The number of nitrogens with one attached hydrogen (secondary N) is 1. The minimum Gasteiger partial charge on any atom is -0.336 e. The molecule has 0 radical (unpaired) electrons. The number of nitrogens with zero attached hydrogens (tertiary/aromatic N) is 1. The Bertz CT molecular complexity index is 153. The zero-order chi connectivity index (χ0) is 10.4. The van der Waals surface area contributed by atoms with E-state index in [4.69, 9.17) is 0 Å². The predicted molar refractivity (Wildman–Crippen MR) is 55.8 cm³/mol. The second-order valence-electron chi connectivity index (χ2n) is 3.69. The number of amides is 2. The van der Waals surface area contributed by atoms with Crippen molar-refractivity contribution in [3.8, 4) is 0 Å². The van der Waals surface area contributed by atoms with Crippen molar-refractivity contribution in [3.63, 3.8) is 0 Å². The predicted octanol–water partition coefficient (Wildman–Crippen LogP) is 2.22. The van der Waals surface area contributed by atoms with Gasteiger partial charge in [0.2, 0.25) is 0 Å². The Kier molecular flexibility index (Phi) is 5.51. The zero-order valence-corrected chi connectivity index (χ0v) is 9.42. The largest absolute Gasteiger partial charge is 0.336 e. The lowest BCUT2D eigenvalue weighted by Crippen LogP contribution is -2.45. The van der Waals surface area contributed by atoms with Gasteiger partial charge in [-0.15, -0.1) is 0 Å². The topological polar surface area (TPSA) is 32.3 Å². The van der Waals surface area contributed by atoms with E-state index < -0.39 is 0 Å². The lowest BCUT2D eigenvalue weighted by Gasteiger charge is -2.27. The summed E-state index contributed by atoms with van der Waals surface area (Å²) >= 11 is 0. The molecular weight excluding hydrogens is 164 g/mol. The molecule has 0 aromatic heterocycles. The maximum absolute atomic E-state index is 11.5. The fraction of sp³-hybridized carbons (Fsp3) is 0.900. The summed E-state index contributed by atoms with van der Waals surface area (Å²) in [6, 6.07) is 0.603. The van der Waals surface area contributed by atoms with E-state index in [2.05, 4.69) is 19.2 Å². The molecule has 1 N–H and O–H groups in total. The van der Waals surface area contributed by atoms with Crippen molar-refractivity contribution in [1.29, 1.82) is 0 Å². The van der Waals surface area contributed by atoms with E-state index in [0.29, 0.717) is 6.04 Å². The third-order valence-electron chi connectivity index (χ3n) is 2.22.